The summed E-state index contributed by atoms with van der Waals surface area (Å²) in [6.45, 7) is 6.79. The molecule has 0 amide bonds. The summed E-state index contributed by atoms with van der Waals surface area (Å²) in [5.41, 5.74) is 0. The Hall–Kier alpha value is -0.530. The maximum atomic E-state index is 11.4. The minimum atomic E-state index is -0.555. The molecule has 112 valence electrons. The summed E-state index contributed by atoms with van der Waals surface area (Å²) in [4.78, 5) is 11.4. The number of carboxylic acids is 1. The van der Waals surface area contributed by atoms with E-state index in [2.05, 4.69) is 20.8 Å². The maximum Gasteiger partial charge on any atom is 0.306 e. The van der Waals surface area contributed by atoms with Crippen molar-refractivity contribution in [2.24, 2.45) is 23.7 Å². The average molecular weight is 268 g/mol. The average Bonchev–Trinajstić information content (AvgIpc) is 2.38. The first kappa shape index (κ1) is 16.5. The van der Waals surface area contributed by atoms with E-state index >= 15 is 0 Å². The van der Waals surface area contributed by atoms with E-state index in [1.165, 1.54) is 32.1 Å². The van der Waals surface area contributed by atoms with Crippen molar-refractivity contribution in [2.75, 3.05) is 0 Å². The molecule has 1 fully saturated rings. The van der Waals surface area contributed by atoms with Crippen LogP contribution >= 0.6 is 0 Å². The maximum absolute atomic E-state index is 11.4. The Bertz CT molecular complexity index is 260. The molecule has 1 N–H and O–H groups in total. The summed E-state index contributed by atoms with van der Waals surface area (Å²) in [7, 11) is 0. The predicted octanol–water partition coefficient (Wildman–Crippen LogP) is 5.12. The zero-order valence-electron chi connectivity index (χ0n) is 13.0. The number of unbranched alkanes of at least 4 members (excludes halogenated alkanes) is 4. The number of rotatable bonds is 8. The molecule has 3 atom stereocenters. The van der Waals surface area contributed by atoms with Crippen LogP contribution in [0.1, 0.15) is 78.6 Å². The minimum Gasteiger partial charge on any atom is -0.481 e. The molecule has 0 heterocycles. The second-order valence-corrected chi connectivity index (χ2v) is 6.72. The van der Waals surface area contributed by atoms with Crippen molar-refractivity contribution in [1.82, 2.24) is 0 Å². The molecule has 3 unspecified atom stereocenters. The summed E-state index contributed by atoms with van der Waals surface area (Å²) in [6.07, 6.45) is 10.7. The molecule has 1 saturated carbocycles. The molecule has 1 aliphatic rings. The first-order valence-corrected chi connectivity index (χ1v) is 8.29. The van der Waals surface area contributed by atoms with Crippen LogP contribution in [0.15, 0.2) is 0 Å². The van der Waals surface area contributed by atoms with Crippen LogP contribution in [0.2, 0.25) is 0 Å². The molecule has 0 aromatic rings. The van der Waals surface area contributed by atoms with Crippen LogP contribution in [0.3, 0.4) is 0 Å². The lowest BCUT2D eigenvalue weighted by Gasteiger charge is -2.36. The van der Waals surface area contributed by atoms with E-state index in [-0.39, 0.29) is 5.92 Å². The van der Waals surface area contributed by atoms with Crippen LogP contribution in [-0.2, 0) is 4.79 Å². The molecule has 0 aromatic heterocycles. The van der Waals surface area contributed by atoms with E-state index in [1.807, 2.05) is 0 Å². The van der Waals surface area contributed by atoms with Gasteiger partial charge in [0.1, 0.15) is 0 Å². The van der Waals surface area contributed by atoms with Crippen molar-refractivity contribution < 1.29 is 9.90 Å². The van der Waals surface area contributed by atoms with Gasteiger partial charge in [0.2, 0.25) is 0 Å². The quantitative estimate of drug-likeness (QED) is 0.620. The molecule has 1 aliphatic carbocycles. The fourth-order valence-electron chi connectivity index (χ4n) is 3.56. The summed E-state index contributed by atoms with van der Waals surface area (Å²) in [5.74, 6) is 1.26. The van der Waals surface area contributed by atoms with Gasteiger partial charge in [-0.15, -0.1) is 0 Å². The lowest BCUT2D eigenvalue weighted by atomic mass is 9.69. The van der Waals surface area contributed by atoms with Gasteiger partial charge in [-0.1, -0.05) is 52.9 Å². The van der Waals surface area contributed by atoms with Crippen LogP contribution in [0.4, 0.5) is 0 Å². The Kier molecular flexibility index (Phi) is 7.48. The molecule has 0 aliphatic heterocycles. The molecule has 2 heteroatoms. The van der Waals surface area contributed by atoms with Crippen LogP contribution in [0, 0.1) is 23.7 Å². The van der Waals surface area contributed by atoms with Crippen LogP contribution in [0.25, 0.3) is 0 Å². The van der Waals surface area contributed by atoms with Crippen LogP contribution < -0.4 is 0 Å². The first-order valence-electron chi connectivity index (χ1n) is 8.29. The Morgan fingerprint density at radius 3 is 2.42 bits per heavy atom. The zero-order valence-corrected chi connectivity index (χ0v) is 13.0. The lowest BCUT2D eigenvalue weighted by Crippen LogP contribution is -2.32. The Morgan fingerprint density at radius 1 is 1.16 bits per heavy atom. The third-order valence-electron chi connectivity index (χ3n) is 4.96. The second kappa shape index (κ2) is 8.60. The van der Waals surface area contributed by atoms with Gasteiger partial charge in [-0.05, 0) is 43.4 Å². The van der Waals surface area contributed by atoms with E-state index in [0.29, 0.717) is 11.8 Å². The highest BCUT2D eigenvalue weighted by Gasteiger charge is 2.35. The zero-order chi connectivity index (χ0) is 14.3. The SMILES string of the molecule is CCCCCCCC1CC(C(C)C)CCC1C(=O)O. The lowest BCUT2D eigenvalue weighted by molar-refractivity contribution is -0.145. The molecule has 2 nitrogen and oxygen atoms in total. The van der Waals surface area contributed by atoms with Crippen molar-refractivity contribution in [3.8, 4) is 0 Å². The van der Waals surface area contributed by atoms with Crippen molar-refractivity contribution in [3.05, 3.63) is 0 Å². The number of carboxylic acid groups (broad SMARTS) is 1. The molecule has 0 bridgehead atoms. The number of carbonyl (C=O) groups is 1. The Balaban J connectivity index is 2.41. The molecular weight excluding hydrogens is 236 g/mol. The van der Waals surface area contributed by atoms with Gasteiger partial charge in [0.05, 0.1) is 5.92 Å². The van der Waals surface area contributed by atoms with Gasteiger partial charge in [-0.25, -0.2) is 0 Å². The van der Waals surface area contributed by atoms with Gasteiger partial charge >= 0.3 is 5.97 Å². The third kappa shape index (κ3) is 5.54. The third-order valence-corrected chi connectivity index (χ3v) is 4.96. The normalized spacial score (nSPS) is 27.7. The van der Waals surface area contributed by atoms with Gasteiger partial charge in [0.15, 0.2) is 0 Å². The standard InChI is InChI=1S/C17H32O2/c1-4-5-6-7-8-9-15-12-14(13(2)3)10-11-16(15)17(18)19/h13-16H,4-12H2,1-3H3,(H,18,19). The Labute approximate surface area is 119 Å². The van der Waals surface area contributed by atoms with E-state index in [1.54, 1.807) is 0 Å². The largest absolute Gasteiger partial charge is 0.481 e. The van der Waals surface area contributed by atoms with Gasteiger partial charge in [-0.2, -0.15) is 0 Å². The highest BCUT2D eigenvalue weighted by molar-refractivity contribution is 5.70. The molecule has 0 aromatic carbocycles. The highest BCUT2D eigenvalue weighted by atomic mass is 16.4. The van der Waals surface area contributed by atoms with E-state index in [4.69, 9.17) is 0 Å². The van der Waals surface area contributed by atoms with Crippen molar-refractivity contribution >= 4 is 5.97 Å². The molecule has 1 rings (SSSR count). The number of hydrogen-bond donors (Lipinski definition) is 1. The molecule has 19 heavy (non-hydrogen) atoms. The first-order chi connectivity index (χ1) is 9.06. The minimum absolute atomic E-state index is 0.0684. The molecule has 0 saturated heterocycles. The van der Waals surface area contributed by atoms with E-state index < -0.39 is 5.97 Å². The van der Waals surface area contributed by atoms with Crippen molar-refractivity contribution in [2.45, 2.75) is 78.6 Å². The van der Waals surface area contributed by atoms with Gasteiger partial charge in [-0.3, -0.25) is 4.79 Å². The van der Waals surface area contributed by atoms with Crippen LogP contribution in [-0.4, -0.2) is 11.1 Å². The van der Waals surface area contributed by atoms with E-state index in [9.17, 15) is 9.90 Å². The molecule has 0 radical (unpaired) electrons. The summed E-state index contributed by atoms with van der Waals surface area (Å²) < 4.78 is 0. The van der Waals surface area contributed by atoms with Crippen molar-refractivity contribution in [1.29, 1.82) is 0 Å². The summed E-state index contributed by atoms with van der Waals surface area (Å²) in [6, 6.07) is 0. The highest BCUT2D eigenvalue weighted by Crippen LogP contribution is 2.40. The smallest absolute Gasteiger partial charge is 0.306 e. The topological polar surface area (TPSA) is 37.3 Å². The van der Waals surface area contributed by atoms with E-state index in [0.717, 1.165) is 31.6 Å². The summed E-state index contributed by atoms with van der Waals surface area (Å²) >= 11 is 0. The van der Waals surface area contributed by atoms with Crippen molar-refractivity contribution in [3.63, 3.8) is 0 Å². The Morgan fingerprint density at radius 2 is 1.84 bits per heavy atom. The van der Waals surface area contributed by atoms with Gasteiger partial charge in [0, 0.05) is 0 Å². The van der Waals surface area contributed by atoms with Gasteiger partial charge in [0.25, 0.3) is 0 Å². The molecular formula is C17H32O2. The summed E-state index contributed by atoms with van der Waals surface area (Å²) in [5, 5.41) is 9.37. The second-order valence-electron chi connectivity index (χ2n) is 6.72. The van der Waals surface area contributed by atoms with Crippen LogP contribution in [0.5, 0.6) is 0 Å². The molecule has 0 spiro atoms. The fraction of sp³-hybridized carbons (Fsp3) is 0.941. The predicted molar refractivity (Wildman–Crippen MR) is 80.2 cm³/mol. The number of aliphatic carboxylic acids is 1. The van der Waals surface area contributed by atoms with Gasteiger partial charge < -0.3 is 5.11 Å². The fourth-order valence-corrected chi connectivity index (χ4v) is 3.56. The monoisotopic (exact) mass is 268 g/mol. The number of hydrogen-bond acceptors (Lipinski definition) is 1.